The summed E-state index contributed by atoms with van der Waals surface area (Å²) in [6.45, 7) is 4.11. The first kappa shape index (κ1) is 18.7. The van der Waals surface area contributed by atoms with E-state index in [4.69, 9.17) is 0 Å². The number of carbonyl (C=O) groups is 2. The highest BCUT2D eigenvalue weighted by molar-refractivity contribution is 7.14. The van der Waals surface area contributed by atoms with Gasteiger partial charge in [-0.2, -0.15) is 0 Å². The van der Waals surface area contributed by atoms with Crippen LogP contribution in [0.15, 0.2) is 29.8 Å². The molecule has 0 saturated carbocycles. The van der Waals surface area contributed by atoms with Crippen molar-refractivity contribution in [2.75, 3.05) is 19.4 Å². The predicted molar refractivity (Wildman–Crippen MR) is 104 cm³/mol. The molecule has 0 aliphatic carbocycles. The Hall–Kier alpha value is -3.07. The maximum absolute atomic E-state index is 12.3. The number of nitrogens with one attached hydrogen (secondary N) is 1. The summed E-state index contributed by atoms with van der Waals surface area (Å²) in [5.74, 6) is -0.551. The second kappa shape index (κ2) is 7.67. The van der Waals surface area contributed by atoms with Crippen molar-refractivity contribution in [3.05, 3.63) is 46.6 Å². The van der Waals surface area contributed by atoms with Crippen LogP contribution in [0.1, 0.15) is 21.6 Å². The zero-order chi connectivity index (χ0) is 19.6. The molecule has 27 heavy (non-hydrogen) atoms. The molecule has 140 valence electrons. The molecule has 1 N–H and O–H groups in total. The van der Waals surface area contributed by atoms with E-state index in [1.165, 1.54) is 32.7 Å². The molecule has 2 heterocycles. The van der Waals surface area contributed by atoms with Crippen molar-refractivity contribution in [3.8, 4) is 11.3 Å². The summed E-state index contributed by atoms with van der Waals surface area (Å²) >= 11 is 1.34. The molecule has 3 rings (SSSR count). The Bertz CT molecular complexity index is 991. The van der Waals surface area contributed by atoms with Crippen LogP contribution in [0.2, 0.25) is 0 Å². The summed E-state index contributed by atoms with van der Waals surface area (Å²) < 4.78 is 1.33. The third kappa shape index (κ3) is 4.37. The Morgan fingerprint density at radius 2 is 2.04 bits per heavy atom. The van der Waals surface area contributed by atoms with Gasteiger partial charge in [0.1, 0.15) is 6.54 Å². The monoisotopic (exact) mass is 384 g/mol. The molecule has 2 amide bonds. The number of hydrogen-bond donors (Lipinski definition) is 1. The molecule has 0 bridgehead atoms. The van der Waals surface area contributed by atoms with Crippen molar-refractivity contribution in [1.29, 1.82) is 0 Å². The van der Waals surface area contributed by atoms with Gasteiger partial charge in [0.2, 0.25) is 5.91 Å². The zero-order valence-electron chi connectivity index (χ0n) is 15.6. The Kier molecular flexibility index (Phi) is 5.31. The van der Waals surface area contributed by atoms with Crippen LogP contribution < -0.4 is 5.32 Å². The largest absolute Gasteiger partial charge is 0.347 e. The molecule has 9 heteroatoms. The standard InChI is InChI=1S/C18H20N6O2S/c1-11-5-6-13(12(2)7-11)15-10-27-18(19-15)20-17(26)14-8-24(22-21-14)9-16(25)23(3)4/h5-8,10H,9H2,1-4H3,(H,19,20,26). The predicted octanol–water partition coefficient (Wildman–Crippen LogP) is 2.36. The van der Waals surface area contributed by atoms with E-state index in [1.54, 1.807) is 14.1 Å². The molecule has 1 aromatic carbocycles. The number of aromatic nitrogens is 4. The number of benzene rings is 1. The fourth-order valence-electron chi connectivity index (χ4n) is 2.48. The van der Waals surface area contributed by atoms with Crippen molar-refractivity contribution in [2.24, 2.45) is 0 Å². The van der Waals surface area contributed by atoms with E-state index < -0.39 is 5.91 Å². The molecule has 0 saturated heterocycles. The summed E-state index contributed by atoms with van der Waals surface area (Å²) in [6.07, 6.45) is 1.44. The number of carbonyl (C=O) groups excluding carboxylic acids is 2. The van der Waals surface area contributed by atoms with Crippen LogP contribution in [0.25, 0.3) is 11.3 Å². The lowest BCUT2D eigenvalue weighted by atomic mass is 10.0. The highest BCUT2D eigenvalue weighted by Gasteiger charge is 2.15. The van der Waals surface area contributed by atoms with E-state index in [9.17, 15) is 9.59 Å². The van der Waals surface area contributed by atoms with E-state index in [0.29, 0.717) is 5.13 Å². The molecule has 8 nitrogen and oxygen atoms in total. The summed E-state index contributed by atoms with van der Waals surface area (Å²) in [5.41, 5.74) is 4.30. The van der Waals surface area contributed by atoms with Gasteiger partial charge in [-0.25, -0.2) is 9.67 Å². The number of likely N-dealkylation sites (N-methyl/N-ethyl adjacent to an activating group) is 1. The van der Waals surface area contributed by atoms with Gasteiger partial charge in [-0.1, -0.05) is 29.0 Å². The molecule has 0 fully saturated rings. The summed E-state index contributed by atoms with van der Waals surface area (Å²) in [4.78, 5) is 30.0. The highest BCUT2D eigenvalue weighted by atomic mass is 32.1. The molecule has 0 radical (unpaired) electrons. The van der Waals surface area contributed by atoms with Crippen LogP contribution in [0.3, 0.4) is 0 Å². The smallest absolute Gasteiger partial charge is 0.279 e. The van der Waals surface area contributed by atoms with Gasteiger partial charge in [-0.15, -0.1) is 16.4 Å². The Morgan fingerprint density at radius 3 is 2.74 bits per heavy atom. The topological polar surface area (TPSA) is 93.0 Å². The van der Waals surface area contributed by atoms with Crippen LogP contribution in [0, 0.1) is 13.8 Å². The molecule has 0 spiro atoms. The SMILES string of the molecule is Cc1ccc(-c2csc(NC(=O)c3cn(CC(=O)N(C)C)nn3)n2)c(C)c1. The lowest BCUT2D eigenvalue weighted by Crippen LogP contribution is -2.26. The van der Waals surface area contributed by atoms with Gasteiger partial charge < -0.3 is 4.90 Å². The quantitative estimate of drug-likeness (QED) is 0.729. The second-order valence-corrected chi connectivity index (χ2v) is 7.26. The average molecular weight is 384 g/mol. The molecule has 0 unspecified atom stereocenters. The van der Waals surface area contributed by atoms with E-state index in [2.05, 4.69) is 26.7 Å². The van der Waals surface area contributed by atoms with Gasteiger partial charge in [0.15, 0.2) is 10.8 Å². The first-order valence-corrected chi connectivity index (χ1v) is 9.16. The molecular weight excluding hydrogens is 364 g/mol. The van der Waals surface area contributed by atoms with Crippen molar-refractivity contribution in [1.82, 2.24) is 24.9 Å². The molecule has 2 aromatic heterocycles. The van der Waals surface area contributed by atoms with Gasteiger partial charge in [-0.3, -0.25) is 14.9 Å². The van der Waals surface area contributed by atoms with Crippen LogP contribution in [0.5, 0.6) is 0 Å². The minimum absolute atomic E-state index is 0.0291. The van der Waals surface area contributed by atoms with Gasteiger partial charge in [0, 0.05) is 25.0 Å². The summed E-state index contributed by atoms with van der Waals surface area (Å²) in [7, 11) is 3.31. The van der Waals surface area contributed by atoms with Gasteiger partial charge in [-0.05, 0) is 19.4 Å². The minimum Gasteiger partial charge on any atom is -0.347 e. The Morgan fingerprint density at radius 1 is 1.26 bits per heavy atom. The Labute approximate surface area is 160 Å². The van der Waals surface area contributed by atoms with Crippen LogP contribution in [0.4, 0.5) is 5.13 Å². The Balaban J connectivity index is 1.69. The van der Waals surface area contributed by atoms with E-state index in [0.717, 1.165) is 16.8 Å². The number of thiazole rings is 1. The molecule has 3 aromatic rings. The fraction of sp³-hybridized carbons (Fsp3) is 0.278. The third-order valence-corrected chi connectivity index (χ3v) is 4.71. The maximum atomic E-state index is 12.3. The highest BCUT2D eigenvalue weighted by Crippen LogP contribution is 2.28. The van der Waals surface area contributed by atoms with Crippen molar-refractivity contribution in [3.63, 3.8) is 0 Å². The number of hydrogen-bond acceptors (Lipinski definition) is 6. The fourth-order valence-corrected chi connectivity index (χ4v) is 3.18. The first-order chi connectivity index (χ1) is 12.8. The van der Waals surface area contributed by atoms with E-state index in [1.807, 2.05) is 31.4 Å². The lowest BCUT2D eigenvalue weighted by molar-refractivity contribution is -0.129. The van der Waals surface area contributed by atoms with Gasteiger partial charge in [0.05, 0.1) is 11.9 Å². The van der Waals surface area contributed by atoms with Gasteiger partial charge in [0.25, 0.3) is 5.91 Å². The second-order valence-electron chi connectivity index (χ2n) is 6.40. The first-order valence-electron chi connectivity index (χ1n) is 8.28. The van der Waals surface area contributed by atoms with Crippen LogP contribution in [-0.2, 0) is 11.3 Å². The van der Waals surface area contributed by atoms with Crippen LogP contribution >= 0.6 is 11.3 Å². The average Bonchev–Trinajstić information content (AvgIpc) is 3.24. The number of aryl methyl sites for hydroxylation is 2. The number of rotatable bonds is 5. The summed E-state index contributed by atoms with van der Waals surface area (Å²) in [6, 6.07) is 6.16. The van der Waals surface area contributed by atoms with Crippen molar-refractivity contribution in [2.45, 2.75) is 20.4 Å². The molecule has 0 aliphatic heterocycles. The third-order valence-electron chi connectivity index (χ3n) is 3.95. The van der Waals surface area contributed by atoms with Crippen molar-refractivity contribution >= 4 is 28.3 Å². The van der Waals surface area contributed by atoms with Gasteiger partial charge >= 0.3 is 0 Å². The molecule has 0 atom stereocenters. The van der Waals surface area contributed by atoms with Crippen molar-refractivity contribution < 1.29 is 9.59 Å². The van der Waals surface area contributed by atoms with E-state index >= 15 is 0 Å². The number of nitrogens with zero attached hydrogens (tertiary/aromatic N) is 5. The molecular formula is C18H20N6O2S. The lowest BCUT2D eigenvalue weighted by Gasteiger charge is -2.08. The summed E-state index contributed by atoms with van der Waals surface area (Å²) in [5, 5.41) is 12.7. The zero-order valence-corrected chi connectivity index (χ0v) is 16.4. The maximum Gasteiger partial charge on any atom is 0.279 e. The minimum atomic E-state index is -0.417. The number of amides is 2. The normalized spacial score (nSPS) is 10.7. The van der Waals surface area contributed by atoms with Crippen LogP contribution in [-0.4, -0.2) is 50.8 Å². The molecule has 0 aliphatic rings. The van der Waals surface area contributed by atoms with E-state index in [-0.39, 0.29) is 18.1 Å². The number of anilines is 1.